The van der Waals surface area contributed by atoms with Gasteiger partial charge in [-0.2, -0.15) is 0 Å². The second-order valence-corrected chi connectivity index (χ2v) is 8.80. The van der Waals surface area contributed by atoms with E-state index in [1.807, 2.05) is 7.05 Å². The summed E-state index contributed by atoms with van der Waals surface area (Å²) >= 11 is 0. The molecule has 0 atom stereocenters. The van der Waals surface area contributed by atoms with E-state index in [1.165, 1.54) is 44.6 Å². The Hall–Kier alpha value is -3.36. The van der Waals surface area contributed by atoms with Gasteiger partial charge in [0.05, 0.1) is 5.69 Å². The number of rotatable bonds is 5. The van der Waals surface area contributed by atoms with Gasteiger partial charge in [0, 0.05) is 23.2 Å². The van der Waals surface area contributed by atoms with Crippen molar-refractivity contribution >= 4 is 11.4 Å². The number of hydrogen-bond acceptors (Lipinski definition) is 2. The molecule has 0 heterocycles. The number of benzene rings is 4. The first-order valence-electron chi connectivity index (χ1n) is 10.9. The summed E-state index contributed by atoms with van der Waals surface area (Å²) in [5, 5.41) is 7.08. The molecule has 1 aliphatic carbocycles. The van der Waals surface area contributed by atoms with Crippen molar-refractivity contribution in [1.29, 1.82) is 0 Å². The quantitative estimate of drug-likeness (QED) is 0.370. The van der Waals surface area contributed by atoms with E-state index in [9.17, 15) is 0 Å². The first-order chi connectivity index (χ1) is 15.1. The van der Waals surface area contributed by atoms with Gasteiger partial charge < -0.3 is 10.6 Å². The maximum Gasteiger partial charge on any atom is 0.0511 e. The third-order valence-electron chi connectivity index (χ3n) is 6.38. The van der Waals surface area contributed by atoms with Gasteiger partial charge in [-0.15, -0.1) is 0 Å². The summed E-state index contributed by atoms with van der Waals surface area (Å²) in [7, 11) is 1.98. The number of fused-ring (bicyclic) bond motifs is 3. The molecule has 0 amide bonds. The zero-order valence-corrected chi connectivity index (χ0v) is 18.4. The fourth-order valence-corrected chi connectivity index (χ4v) is 4.97. The van der Waals surface area contributed by atoms with E-state index in [2.05, 4.69) is 115 Å². The van der Waals surface area contributed by atoms with Crippen LogP contribution in [0.2, 0.25) is 0 Å². The summed E-state index contributed by atoms with van der Waals surface area (Å²) in [6.07, 6.45) is 0. The molecule has 31 heavy (non-hydrogen) atoms. The first kappa shape index (κ1) is 19.6. The zero-order chi connectivity index (χ0) is 21.4. The van der Waals surface area contributed by atoms with Crippen LogP contribution in [0, 0.1) is 0 Å². The Morgan fingerprint density at radius 1 is 0.710 bits per heavy atom. The molecule has 1 aliphatic rings. The van der Waals surface area contributed by atoms with Crippen molar-refractivity contribution in [3.63, 3.8) is 0 Å². The fraction of sp³-hybridized carbons (Fsp3) is 0.172. The summed E-state index contributed by atoms with van der Waals surface area (Å²) in [4.78, 5) is 0. The number of anilines is 2. The van der Waals surface area contributed by atoms with Crippen LogP contribution in [-0.2, 0) is 12.0 Å². The molecule has 2 N–H and O–H groups in total. The van der Waals surface area contributed by atoms with Gasteiger partial charge in [0.15, 0.2) is 0 Å². The maximum absolute atomic E-state index is 3.83. The molecule has 5 rings (SSSR count). The van der Waals surface area contributed by atoms with Gasteiger partial charge in [-0.05, 0) is 52.6 Å². The lowest BCUT2D eigenvalue weighted by Gasteiger charge is -2.27. The van der Waals surface area contributed by atoms with Gasteiger partial charge in [-0.3, -0.25) is 0 Å². The lowest BCUT2D eigenvalue weighted by Crippen LogP contribution is -2.17. The van der Waals surface area contributed by atoms with Crippen molar-refractivity contribution in [2.45, 2.75) is 25.8 Å². The van der Waals surface area contributed by atoms with Gasteiger partial charge in [-0.25, -0.2) is 0 Å². The van der Waals surface area contributed by atoms with E-state index in [4.69, 9.17) is 0 Å². The van der Waals surface area contributed by atoms with Crippen LogP contribution in [0.1, 0.15) is 30.5 Å². The van der Waals surface area contributed by atoms with Crippen LogP contribution in [0.4, 0.5) is 11.4 Å². The van der Waals surface area contributed by atoms with Crippen LogP contribution in [0.15, 0.2) is 91.0 Å². The lowest BCUT2D eigenvalue weighted by atomic mass is 9.80. The molecule has 0 aromatic heterocycles. The number of hydrogen-bond donors (Lipinski definition) is 2. The van der Waals surface area contributed by atoms with Crippen LogP contribution in [0.25, 0.3) is 22.3 Å². The SMILES string of the molecule is CNCc1cccc(Nc2c(-c3ccccc3)ccc3c2C(C)(C)c2ccccc2-3)c1. The van der Waals surface area contributed by atoms with Crippen molar-refractivity contribution in [3.8, 4) is 22.3 Å². The molecule has 0 saturated carbocycles. The van der Waals surface area contributed by atoms with Gasteiger partial charge in [0.25, 0.3) is 0 Å². The Kier molecular flexibility index (Phi) is 4.88. The highest BCUT2D eigenvalue weighted by Crippen LogP contribution is 2.54. The van der Waals surface area contributed by atoms with Crippen LogP contribution in [0.3, 0.4) is 0 Å². The maximum atomic E-state index is 3.83. The molecule has 0 fully saturated rings. The predicted molar refractivity (Wildman–Crippen MR) is 132 cm³/mol. The van der Waals surface area contributed by atoms with Crippen molar-refractivity contribution in [1.82, 2.24) is 5.32 Å². The fourth-order valence-electron chi connectivity index (χ4n) is 4.97. The minimum Gasteiger partial charge on any atom is -0.355 e. The molecule has 2 heteroatoms. The summed E-state index contributed by atoms with van der Waals surface area (Å²) in [6.45, 7) is 5.54. The molecule has 0 bridgehead atoms. The summed E-state index contributed by atoms with van der Waals surface area (Å²) < 4.78 is 0. The van der Waals surface area contributed by atoms with Gasteiger partial charge in [-0.1, -0.05) is 92.7 Å². The molecule has 0 radical (unpaired) electrons. The first-order valence-corrected chi connectivity index (χ1v) is 10.9. The van der Waals surface area contributed by atoms with Crippen LogP contribution in [-0.4, -0.2) is 7.05 Å². The molecular formula is C29H28N2. The van der Waals surface area contributed by atoms with E-state index in [1.54, 1.807) is 0 Å². The van der Waals surface area contributed by atoms with E-state index in [0.717, 1.165) is 12.2 Å². The molecule has 4 aromatic carbocycles. The average molecular weight is 405 g/mol. The largest absolute Gasteiger partial charge is 0.355 e. The highest BCUT2D eigenvalue weighted by Gasteiger charge is 2.38. The second-order valence-electron chi connectivity index (χ2n) is 8.80. The van der Waals surface area contributed by atoms with E-state index in [-0.39, 0.29) is 5.41 Å². The third kappa shape index (κ3) is 3.34. The normalized spacial score (nSPS) is 13.5. The van der Waals surface area contributed by atoms with Crippen LogP contribution < -0.4 is 10.6 Å². The molecule has 0 unspecified atom stereocenters. The van der Waals surface area contributed by atoms with Crippen molar-refractivity contribution in [2.24, 2.45) is 0 Å². The summed E-state index contributed by atoms with van der Waals surface area (Å²) in [5.41, 5.74) is 11.4. The van der Waals surface area contributed by atoms with Gasteiger partial charge in [0.2, 0.25) is 0 Å². The van der Waals surface area contributed by atoms with E-state index >= 15 is 0 Å². The minimum atomic E-state index is -0.0817. The Morgan fingerprint density at radius 3 is 2.26 bits per heavy atom. The standard InChI is InChI=1S/C29H28N2/c1-29(2)26-15-8-7-14-24(26)25-17-16-23(21-11-5-4-6-12-21)28(27(25)29)31-22-13-9-10-20(18-22)19-30-3/h4-18,30-31H,19H2,1-3H3. The Balaban J connectivity index is 1.73. The molecule has 4 aromatic rings. The predicted octanol–water partition coefficient (Wildman–Crippen LogP) is 7.12. The lowest BCUT2D eigenvalue weighted by molar-refractivity contribution is 0.662. The van der Waals surface area contributed by atoms with E-state index in [0.29, 0.717) is 0 Å². The molecule has 0 saturated heterocycles. The molecule has 0 spiro atoms. The van der Waals surface area contributed by atoms with Crippen LogP contribution >= 0.6 is 0 Å². The minimum absolute atomic E-state index is 0.0817. The summed E-state index contributed by atoms with van der Waals surface area (Å²) in [5.74, 6) is 0. The van der Waals surface area contributed by atoms with Crippen molar-refractivity contribution < 1.29 is 0 Å². The van der Waals surface area contributed by atoms with Crippen molar-refractivity contribution in [3.05, 3.63) is 108 Å². The monoisotopic (exact) mass is 404 g/mol. The zero-order valence-electron chi connectivity index (χ0n) is 18.4. The Morgan fingerprint density at radius 2 is 1.45 bits per heavy atom. The molecule has 2 nitrogen and oxygen atoms in total. The van der Waals surface area contributed by atoms with Gasteiger partial charge in [0.1, 0.15) is 0 Å². The Bertz CT molecular complexity index is 1240. The summed E-state index contributed by atoms with van der Waals surface area (Å²) in [6, 6.07) is 32.8. The third-order valence-corrected chi connectivity index (χ3v) is 6.38. The highest BCUT2D eigenvalue weighted by molar-refractivity contribution is 5.94. The topological polar surface area (TPSA) is 24.1 Å². The smallest absolute Gasteiger partial charge is 0.0511 e. The molecular weight excluding hydrogens is 376 g/mol. The molecule has 0 aliphatic heterocycles. The van der Waals surface area contributed by atoms with E-state index < -0.39 is 0 Å². The highest BCUT2D eigenvalue weighted by atomic mass is 14.9. The average Bonchev–Trinajstić information content (AvgIpc) is 3.03. The van der Waals surface area contributed by atoms with Crippen molar-refractivity contribution in [2.75, 3.05) is 12.4 Å². The van der Waals surface area contributed by atoms with Crippen LogP contribution in [0.5, 0.6) is 0 Å². The number of nitrogens with one attached hydrogen (secondary N) is 2. The Labute approximate surface area is 185 Å². The van der Waals surface area contributed by atoms with Gasteiger partial charge >= 0.3 is 0 Å². The molecule has 154 valence electrons. The second kappa shape index (κ2) is 7.72.